The summed E-state index contributed by atoms with van der Waals surface area (Å²) in [5, 5.41) is 14.3. The second-order valence-corrected chi connectivity index (χ2v) is 8.15. The summed E-state index contributed by atoms with van der Waals surface area (Å²) in [6, 6.07) is 5.03. The fraction of sp³-hybridized carbons (Fsp3) is 0.455. The van der Waals surface area contributed by atoms with Gasteiger partial charge in [-0.3, -0.25) is 0 Å². The number of carbonyl (C=O) groups excluding carboxylic acids is 1. The number of pyridine rings is 1. The number of anilines is 1. The third-order valence-corrected chi connectivity index (χ3v) is 4.94. The lowest BCUT2D eigenvalue weighted by atomic mass is 9.96. The molecule has 1 heterocycles. The topological polar surface area (TPSA) is 80.7 Å². The Balaban J connectivity index is 2.61. The molecule has 29 heavy (non-hydrogen) atoms. The van der Waals surface area contributed by atoms with Crippen molar-refractivity contribution in [3.8, 4) is 11.6 Å². The predicted octanol–water partition coefficient (Wildman–Crippen LogP) is 5.20. The summed E-state index contributed by atoms with van der Waals surface area (Å²) < 4.78 is 11.1. The number of carbonyl (C=O) groups is 1. The van der Waals surface area contributed by atoms with E-state index < -0.39 is 11.6 Å². The number of halogens is 1. The molecule has 6 nitrogen and oxygen atoms in total. The van der Waals surface area contributed by atoms with Gasteiger partial charge in [0, 0.05) is 10.7 Å². The number of esters is 1. The maximum Gasteiger partial charge on any atom is 0.345 e. The SMILES string of the molecule is CCC(Nc1cc(C)nc(Oc2c(C)cc(Cl)cc2C)c1C(=O)OC)C(C)(C)O. The van der Waals surface area contributed by atoms with Gasteiger partial charge in [0.1, 0.15) is 11.3 Å². The molecule has 0 aliphatic carbocycles. The van der Waals surface area contributed by atoms with Crippen molar-refractivity contribution >= 4 is 23.3 Å². The largest absolute Gasteiger partial charge is 0.465 e. The van der Waals surface area contributed by atoms with E-state index in [1.165, 1.54) is 7.11 Å². The fourth-order valence-electron chi connectivity index (χ4n) is 3.25. The molecule has 2 aromatic rings. The molecule has 1 aromatic carbocycles. The van der Waals surface area contributed by atoms with Crippen LogP contribution in [0.1, 0.15) is 54.4 Å². The Hall–Kier alpha value is -2.31. The van der Waals surface area contributed by atoms with Gasteiger partial charge in [-0.2, -0.15) is 0 Å². The average Bonchev–Trinajstić information content (AvgIpc) is 2.60. The molecule has 2 rings (SSSR count). The first-order valence-electron chi connectivity index (χ1n) is 9.51. The van der Waals surface area contributed by atoms with Gasteiger partial charge in [0.05, 0.1) is 24.4 Å². The molecule has 0 amide bonds. The van der Waals surface area contributed by atoms with Gasteiger partial charge in [-0.05, 0) is 70.4 Å². The van der Waals surface area contributed by atoms with Crippen molar-refractivity contribution in [2.24, 2.45) is 0 Å². The minimum Gasteiger partial charge on any atom is -0.465 e. The lowest BCUT2D eigenvalue weighted by Gasteiger charge is -2.31. The van der Waals surface area contributed by atoms with Crippen LogP contribution in [0.2, 0.25) is 5.02 Å². The molecule has 0 saturated carbocycles. The molecule has 0 aliphatic rings. The van der Waals surface area contributed by atoms with Crippen molar-refractivity contribution in [2.75, 3.05) is 12.4 Å². The molecule has 0 spiro atoms. The van der Waals surface area contributed by atoms with Crippen LogP contribution in [0.15, 0.2) is 18.2 Å². The van der Waals surface area contributed by atoms with E-state index in [9.17, 15) is 9.90 Å². The number of aromatic nitrogens is 1. The maximum atomic E-state index is 12.6. The number of aryl methyl sites for hydroxylation is 3. The standard InChI is InChI=1S/C22H29ClN2O4/c1-8-17(22(5,6)27)25-16-11-14(4)24-20(18(16)21(26)28-7)29-19-12(2)9-15(23)10-13(19)3/h9-11,17,27H,8H2,1-7H3,(H,24,25). The molecule has 2 N–H and O–H groups in total. The minimum atomic E-state index is -0.996. The zero-order chi connectivity index (χ0) is 21.9. The van der Waals surface area contributed by atoms with Gasteiger partial charge in [-0.25, -0.2) is 9.78 Å². The van der Waals surface area contributed by atoms with E-state index in [0.717, 1.165) is 11.1 Å². The summed E-state index contributed by atoms with van der Waals surface area (Å²) in [5.41, 5.74) is 1.99. The molecule has 0 radical (unpaired) electrons. The first-order chi connectivity index (χ1) is 13.5. The average molecular weight is 421 g/mol. The highest BCUT2D eigenvalue weighted by Gasteiger charge is 2.29. The number of hydrogen-bond donors (Lipinski definition) is 2. The van der Waals surface area contributed by atoms with Gasteiger partial charge < -0.3 is 19.9 Å². The summed E-state index contributed by atoms with van der Waals surface area (Å²) in [4.78, 5) is 17.1. The van der Waals surface area contributed by atoms with Crippen LogP contribution in [0.5, 0.6) is 11.6 Å². The summed E-state index contributed by atoms with van der Waals surface area (Å²) >= 11 is 6.12. The highest BCUT2D eigenvalue weighted by Crippen LogP contribution is 2.36. The Bertz CT molecular complexity index is 883. The van der Waals surface area contributed by atoms with E-state index in [4.69, 9.17) is 21.1 Å². The number of methoxy groups -OCH3 is 1. The monoisotopic (exact) mass is 420 g/mol. The van der Waals surface area contributed by atoms with Crippen LogP contribution in [0.4, 0.5) is 5.69 Å². The van der Waals surface area contributed by atoms with Crippen LogP contribution in [0.25, 0.3) is 0 Å². The molecule has 1 unspecified atom stereocenters. The number of aliphatic hydroxyl groups is 1. The van der Waals surface area contributed by atoms with E-state index >= 15 is 0 Å². The fourth-order valence-corrected chi connectivity index (χ4v) is 3.58. The third kappa shape index (κ3) is 5.40. The van der Waals surface area contributed by atoms with Crippen molar-refractivity contribution in [1.29, 1.82) is 0 Å². The van der Waals surface area contributed by atoms with Crippen LogP contribution in [0.3, 0.4) is 0 Å². The number of nitrogens with zero attached hydrogens (tertiary/aromatic N) is 1. The summed E-state index contributed by atoms with van der Waals surface area (Å²) in [7, 11) is 1.31. The van der Waals surface area contributed by atoms with Gasteiger partial charge in [0.15, 0.2) is 0 Å². The predicted molar refractivity (Wildman–Crippen MR) is 115 cm³/mol. The van der Waals surface area contributed by atoms with Crippen molar-refractivity contribution in [3.05, 3.63) is 45.6 Å². The molecule has 0 bridgehead atoms. The number of nitrogens with one attached hydrogen (secondary N) is 1. The number of hydrogen-bond acceptors (Lipinski definition) is 6. The molecule has 1 aromatic heterocycles. The Kier molecular flexibility index (Phi) is 7.14. The summed E-state index contributed by atoms with van der Waals surface area (Å²) in [5.74, 6) is 0.140. The minimum absolute atomic E-state index is 0.137. The van der Waals surface area contributed by atoms with Gasteiger partial charge in [-0.1, -0.05) is 18.5 Å². The Morgan fingerprint density at radius 3 is 2.31 bits per heavy atom. The van der Waals surface area contributed by atoms with Crippen LogP contribution in [-0.4, -0.2) is 34.8 Å². The highest BCUT2D eigenvalue weighted by molar-refractivity contribution is 6.30. The van der Waals surface area contributed by atoms with Crippen LogP contribution in [0, 0.1) is 20.8 Å². The molecule has 1 atom stereocenters. The molecule has 158 valence electrons. The Morgan fingerprint density at radius 1 is 1.24 bits per heavy atom. The number of benzene rings is 1. The Morgan fingerprint density at radius 2 is 1.83 bits per heavy atom. The Labute approximate surface area is 177 Å². The second-order valence-electron chi connectivity index (χ2n) is 7.71. The van der Waals surface area contributed by atoms with E-state index in [0.29, 0.717) is 28.6 Å². The van der Waals surface area contributed by atoms with Gasteiger partial charge >= 0.3 is 5.97 Å². The van der Waals surface area contributed by atoms with Crippen LogP contribution in [-0.2, 0) is 4.74 Å². The smallest absolute Gasteiger partial charge is 0.345 e. The van der Waals surface area contributed by atoms with Crippen LogP contribution < -0.4 is 10.1 Å². The van der Waals surface area contributed by atoms with Crippen molar-refractivity contribution in [3.63, 3.8) is 0 Å². The van der Waals surface area contributed by atoms with Crippen LogP contribution >= 0.6 is 11.6 Å². The second kappa shape index (κ2) is 9.01. The van der Waals surface area contributed by atoms with Gasteiger partial charge in [-0.15, -0.1) is 0 Å². The highest BCUT2D eigenvalue weighted by atomic mass is 35.5. The number of ether oxygens (including phenoxy) is 2. The molecular formula is C22H29ClN2O4. The zero-order valence-corrected chi connectivity index (χ0v) is 18.8. The van der Waals surface area contributed by atoms with Crippen molar-refractivity contribution in [1.82, 2.24) is 4.98 Å². The molecule has 7 heteroatoms. The first kappa shape index (κ1) is 23.0. The van der Waals surface area contributed by atoms with Gasteiger partial charge in [0.25, 0.3) is 0 Å². The molecule has 0 aliphatic heterocycles. The van der Waals surface area contributed by atoms with Gasteiger partial charge in [0.2, 0.25) is 5.88 Å². The van der Waals surface area contributed by atoms with E-state index in [1.807, 2.05) is 27.7 Å². The van der Waals surface area contributed by atoms with E-state index in [2.05, 4.69) is 10.3 Å². The quantitative estimate of drug-likeness (QED) is 0.599. The maximum absolute atomic E-state index is 12.6. The first-order valence-corrected chi connectivity index (χ1v) is 9.89. The zero-order valence-electron chi connectivity index (χ0n) is 18.0. The molecular weight excluding hydrogens is 392 g/mol. The molecule has 0 saturated heterocycles. The summed E-state index contributed by atoms with van der Waals surface area (Å²) in [6.07, 6.45) is 0.650. The van der Waals surface area contributed by atoms with Crippen molar-refractivity contribution < 1.29 is 19.4 Å². The summed E-state index contributed by atoms with van der Waals surface area (Å²) in [6.45, 7) is 11.0. The lowest BCUT2D eigenvalue weighted by Crippen LogP contribution is -2.41. The van der Waals surface area contributed by atoms with E-state index in [1.54, 1.807) is 32.0 Å². The third-order valence-electron chi connectivity index (χ3n) is 4.72. The normalized spacial score (nSPS) is 12.4. The van der Waals surface area contributed by atoms with Crippen molar-refractivity contribution in [2.45, 2.75) is 59.6 Å². The molecule has 0 fully saturated rings. The number of rotatable bonds is 7. The van der Waals surface area contributed by atoms with E-state index in [-0.39, 0.29) is 17.5 Å². The lowest BCUT2D eigenvalue weighted by molar-refractivity contribution is 0.0563.